The van der Waals surface area contributed by atoms with Gasteiger partial charge in [0.1, 0.15) is 5.82 Å². The number of halogens is 1. The lowest BCUT2D eigenvalue weighted by Crippen LogP contribution is -2.23. The first-order valence-corrected chi connectivity index (χ1v) is 6.16. The maximum atomic E-state index is 12.9. The van der Waals surface area contributed by atoms with E-state index in [1.165, 1.54) is 12.1 Å². The topological polar surface area (TPSA) is 29.9 Å². The molecule has 0 saturated heterocycles. The smallest absolute Gasteiger partial charge is 0.123 e. The van der Waals surface area contributed by atoms with Gasteiger partial charge in [-0.25, -0.2) is 4.39 Å². The van der Waals surface area contributed by atoms with Crippen LogP contribution in [-0.4, -0.2) is 16.3 Å². The number of nitrogens with zero attached hydrogens (tertiary/aromatic N) is 2. The van der Waals surface area contributed by atoms with Crippen LogP contribution < -0.4 is 5.32 Å². The summed E-state index contributed by atoms with van der Waals surface area (Å²) in [7, 11) is 1.91. The molecule has 0 aliphatic carbocycles. The molecule has 0 saturated carbocycles. The van der Waals surface area contributed by atoms with Gasteiger partial charge in [-0.3, -0.25) is 4.68 Å². The number of aromatic nitrogens is 2. The van der Waals surface area contributed by atoms with Gasteiger partial charge in [0.15, 0.2) is 0 Å². The minimum atomic E-state index is -0.198. The highest BCUT2D eigenvalue weighted by Gasteiger charge is 2.13. The molecule has 2 rings (SSSR count). The van der Waals surface area contributed by atoms with Gasteiger partial charge >= 0.3 is 0 Å². The predicted octanol–water partition coefficient (Wildman–Crippen LogP) is 2.45. The average molecular weight is 247 g/mol. The molecule has 1 N–H and O–H groups in total. The number of hydrogen-bond acceptors (Lipinski definition) is 2. The second-order valence-corrected chi connectivity index (χ2v) is 4.36. The molecule has 0 radical (unpaired) electrons. The van der Waals surface area contributed by atoms with Crippen molar-refractivity contribution in [1.82, 2.24) is 15.1 Å². The molecule has 0 fully saturated rings. The van der Waals surface area contributed by atoms with Crippen molar-refractivity contribution in [3.8, 4) is 0 Å². The predicted molar refractivity (Wildman–Crippen MR) is 69.7 cm³/mol. The van der Waals surface area contributed by atoms with Crippen LogP contribution in [0.2, 0.25) is 0 Å². The number of benzene rings is 1. The van der Waals surface area contributed by atoms with Crippen molar-refractivity contribution in [1.29, 1.82) is 0 Å². The van der Waals surface area contributed by atoms with Gasteiger partial charge in [-0.2, -0.15) is 5.10 Å². The Hall–Kier alpha value is -1.68. The first kappa shape index (κ1) is 12.8. The third-order valence-electron chi connectivity index (χ3n) is 2.89. The first-order chi connectivity index (χ1) is 8.69. The van der Waals surface area contributed by atoms with Crippen molar-refractivity contribution < 1.29 is 4.39 Å². The number of hydrogen-bond donors (Lipinski definition) is 1. The van der Waals surface area contributed by atoms with E-state index in [1.807, 2.05) is 31.4 Å². The summed E-state index contributed by atoms with van der Waals surface area (Å²) in [6.07, 6.45) is 2.75. The van der Waals surface area contributed by atoms with Crippen LogP contribution >= 0.6 is 0 Å². The van der Waals surface area contributed by atoms with Crippen LogP contribution in [0.25, 0.3) is 0 Å². The molecule has 1 heterocycles. The number of likely N-dealkylation sites (N-methyl/N-ethyl adjacent to an activating group) is 1. The van der Waals surface area contributed by atoms with E-state index in [0.717, 1.165) is 24.2 Å². The van der Waals surface area contributed by atoms with Gasteiger partial charge in [-0.05, 0) is 36.7 Å². The van der Waals surface area contributed by atoms with E-state index in [4.69, 9.17) is 0 Å². The van der Waals surface area contributed by atoms with Crippen molar-refractivity contribution in [3.05, 3.63) is 53.6 Å². The molecule has 4 heteroatoms. The zero-order valence-corrected chi connectivity index (χ0v) is 10.7. The van der Waals surface area contributed by atoms with Gasteiger partial charge in [0, 0.05) is 13.2 Å². The lowest BCUT2D eigenvalue weighted by atomic mass is 10.0. The highest BCUT2D eigenvalue weighted by atomic mass is 19.1. The third-order valence-corrected chi connectivity index (χ3v) is 2.89. The van der Waals surface area contributed by atoms with Crippen molar-refractivity contribution >= 4 is 0 Å². The maximum Gasteiger partial charge on any atom is 0.123 e. The van der Waals surface area contributed by atoms with Gasteiger partial charge < -0.3 is 5.32 Å². The third kappa shape index (κ3) is 3.17. The molecule has 96 valence electrons. The molecule has 2 aromatic rings. The minimum Gasteiger partial charge on any atom is -0.309 e. The fourth-order valence-electron chi connectivity index (χ4n) is 2.00. The zero-order valence-electron chi connectivity index (χ0n) is 10.7. The van der Waals surface area contributed by atoms with E-state index in [-0.39, 0.29) is 11.9 Å². The number of aryl methyl sites for hydroxylation is 1. The van der Waals surface area contributed by atoms with Crippen LogP contribution in [0.4, 0.5) is 4.39 Å². The minimum absolute atomic E-state index is 0.168. The Morgan fingerprint density at radius 3 is 2.56 bits per heavy atom. The molecule has 0 bridgehead atoms. The second-order valence-electron chi connectivity index (χ2n) is 4.36. The molecule has 3 nitrogen and oxygen atoms in total. The van der Waals surface area contributed by atoms with Crippen molar-refractivity contribution in [2.45, 2.75) is 19.4 Å². The Morgan fingerprint density at radius 1 is 1.28 bits per heavy atom. The molecule has 18 heavy (non-hydrogen) atoms. The molecule has 1 aromatic carbocycles. The fraction of sp³-hybridized carbons (Fsp3) is 0.357. The molecular weight excluding hydrogens is 229 g/mol. The molecule has 0 spiro atoms. The summed E-state index contributed by atoms with van der Waals surface area (Å²) in [6.45, 7) is 2.95. The fourth-order valence-corrected chi connectivity index (χ4v) is 2.00. The van der Waals surface area contributed by atoms with Gasteiger partial charge in [-0.1, -0.05) is 19.1 Å². The Balaban J connectivity index is 2.13. The monoisotopic (exact) mass is 247 g/mol. The molecule has 0 aliphatic heterocycles. The van der Waals surface area contributed by atoms with Gasteiger partial charge in [-0.15, -0.1) is 0 Å². The van der Waals surface area contributed by atoms with E-state index < -0.39 is 0 Å². The SMILES string of the molecule is CCNC(Cc1ccc(F)cc1)c1ccn(C)n1. The molecule has 1 aromatic heterocycles. The Kier molecular flexibility index (Phi) is 4.10. The Labute approximate surface area is 107 Å². The van der Waals surface area contributed by atoms with E-state index in [2.05, 4.69) is 17.3 Å². The van der Waals surface area contributed by atoms with Crippen LogP contribution in [0.1, 0.15) is 24.2 Å². The standard InChI is InChI=1S/C14H18FN3/c1-3-16-14(13-8-9-18(2)17-13)10-11-4-6-12(15)7-5-11/h4-9,14,16H,3,10H2,1-2H3. The summed E-state index contributed by atoms with van der Waals surface area (Å²) in [6, 6.07) is 8.82. The van der Waals surface area contributed by atoms with Crippen LogP contribution in [-0.2, 0) is 13.5 Å². The molecule has 0 amide bonds. The van der Waals surface area contributed by atoms with Crippen LogP contribution in [0.5, 0.6) is 0 Å². The van der Waals surface area contributed by atoms with Crippen molar-refractivity contribution in [2.75, 3.05) is 6.54 Å². The maximum absolute atomic E-state index is 12.9. The highest BCUT2D eigenvalue weighted by molar-refractivity contribution is 5.19. The van der Waals surface area contributed by atoms with Gasteiger partial charge in [0.25, 0.3) is 0 Å². The summed E-state index contributed by atoms with van der Waals surface area (Å²) in [5.41, 5.74) is 2.12. The average Bonchev–Trinajstić information content (AvgIpc) is 2.78. The highest BCUT2D eigenvalue weighted by Crippen LogP contribution is 2.17. The quantitative estimate of drug-likeness (QED) is 0.879. The van der Waals surface area contributed by atoms with E-state index in [1.54, 1.807) is 4.68 Å². The molecule has 1 unspecified atom stereocenters. The van der Waals surface area contributed by atoms with E-state index >= 15 is 0 Å². The van der Waals surface area contributed by atoms with Crippen molar-refractivity contribution in [2.24, 2.45) is 7.05 Å². The summed E-state index contributed by atoms with van der Waals surface area (Å²) in [5.74, 6) is -0.198. The van der Waals surface area contributed by atoms with E-state index in [9.17, 15) is 4.39 Å². The summed E-state index contributed by atoms with van der Waals surface area (Å²) >= 11 is 0. The zero-order chi connectivity index (χ0) is 13.0. The second kappa shape index (κ2) is 5.78. The van der Waals surface area contributed by atoms with E-state index in [0.29, 0.717) is 0 Å². The van der Waals surface area contributed by atoms with Gasteiger partial charge in [0.2, 0.25) is 0 Å². The number of rotatable bonds is 5. The molecule has 0 aliphatic rings. The normalized spacial score (nSPS) is 12.6. The summed E-state index contributed by atoms with van der Waals surface area (Å²) in [5, 5.41) is 7.83. The Bertz CT molecular complexity index is 490. The van der Waals surface area contributed by atoms with Crippen LogP contribution in [0.3, 0.4) is 0 Å². The van der Waals surface area contributed by atoms with Gasteiger partial charge in [0.05, 0.1) is 11.7 Å². The lowest BCUT2D eigenvalue weighted by molar-refractivity contribution is 0.527. The Morgan fingerprint density at radius 2 is 2.00 bits per heavy atom. The molecule has 1 atom stereocenters. The number of nitrogens with one attached hydrogen (secondary N) is 1. The summed E-state index contributed by atoms with van der Waals surface area (Å²) < 4.78 is 14.7. The van der Waals surface area contributed by atoms with Crippen LogP contribution in [0.15, 0.2) is 36.5 Å². The summed E-state index contributed by atoms with van der Waals surface area (Å²) in [4.78, 5) is 0. The first-order valence-electron chi connectivity index (χ1n) is 6.16. The van der Waals surface area contributed by atoms with Crippen LogP contribution in [0, 0.1) is 5.82 Å². The lowest BCUT2D eigenvalue weighted by Gasteiger charge is -2.15. The largest absolute Gasteiger partial charge is 0.309 e. The van der Waals surface area contributed by atoms with Crippen molar-refractivity contribution in [3.63, 3.8) is 0 Å². The molecular formula is C14H18FN3.